The Labute approximate surface area is 97.4 Å². The first-order valence-corrected chi connectivity index (χ1v) is 5.65. The molecule has 1 rings (SSSR count). The van der Waals surface area contributed by atoms with Crippen LogP contribution in [0.4, 0.5) is 0 Å². The van der Waals surface area contributed by atoms with Gasteiger partial charge in [-0.25, -0.2) is 4.98 Å². The summed E-state index contributed by atoms with van der Waals surface area (Å²) in [6.45, 7) is 8.98. The van der Waals surface area contributed by atoms with E-state index in [0.717, 1.165) is 24.6 Å². The highest BCUT2D eigenvalue weighted by Gasteiger charge is 2.17. The molecule has 4 nitrogen and oxygen atoms in total. The maximum absolute atomic E-state index is 5.45. The molecular weight excluding hydrogens is 204 g/mol. The van der Waals surface area contributed by atoms with E-state index in [1.807, 2.05) is 13.8 Å². The lowest BCUT2D eigenvalue weighted by Crippen LogP contribution is -2.30. The molecule has 0 radical (unpaired) electrons. The van der Waals surface area contributed by atoms with Gasteiger partial charge in [0.1, 0.15) is 5.76 Å². The molecule has 0 aromatic carbocycles. The molecule has 1 aromatic heterocycles. The summed E-state index contributed by atoms with van der Waals surface area (Å²) in [6, 6.07) is 0.140. The summed E-state index contributed by atoms with van der Waals surface area (Å²) >= 11 is 0. The van der Waals surface area contributed by atoms with E-state index in [-0.39, 0.29) is 11.6 Å². The topological polar surface area (TPSA) is 47.3 Å². The summed E-state index contributed by atoms with van der Waals surface area (Å²) in [5.74, 6) is 1.59. The number of oxazole rings is 1. The highest BCUT2D eigenvalue weighted by Crippen LogP contribution is 2.15. The van der Waals surface area contributed by atoms with Crippen molar-refractivity contribution < 1.29 is 9.15 Å². The zero-order chi connectivity index (χ0) is 12.2. The van der Waals surface area contributed by atoms with Gasteiger partial charge in [0.25, 0.3) is 0 Å². The van der Waals surface area contributed by atoms with E-state index in [1.165, 1.54) is 0 Å². The van der Waals surface area contributed by atoms with Crippen LogP contribution in [0.15, 0.2) is 10.6 Å². The van der Waals surface area contributed by atoms with Crippen LogP contribution in [0.5, 0.6) is 0 Å². The third kappa shape index (κ3) is 3.94. The van der Waals surface area contributed by atoms with E-state index >= 15 is 0 Å². The van der Waals surface area contributed by atoms with Gasteiger partial charge in [-0.3, -0.25) is 0 Å². The Morgan fingerprint density at radius 2 is 2.25 bits per heavy atom. The van der Waals surface area contributed by atoms with Crippen LogP contribution in [0.2, 0.25) is 0 Å². The minimum atomic E-state index is -0.0841. The van der Waals surface area contributed by atoms with E-state index in [4.69, 9.17) is 9.15 Å². The van der Waals surface area contributed by atoms with Crippen molar-refractivity contribution in [2.24, 2.45) is 0 Å². The highest BCUT2D eigenvalue weighted by atomic mass is 16.5. The minimum absolute atomic E-state index is 0.0841. The molecule has 0 aliphatic carbocycles. The zero-order valence-electron chi connectivity index (χ0n) is 10.8. The molecule has 16 heavy (non-hydrogen) atoms. The van der Waals surface area contributed by atoms with E-state index in [9.17, 15) is 0 Å². The van der Waals surface area contributed by atoms with Crippen LogP contribution in [0, 0.1) is 6.92 Å². The molecule has 0 amide bonds. The predicted octanol–water partition coefficient (Wildman–Crippen LogP) is 2.45. The average molecular weight is 226 g/mol. The number of aryl methyl sites for hydroxylation is 1. The number of aromatic nitrogens is 1. The highest BCUT2D eigenvalue weighted by molar-refractivity contribution is 4.94. The Kier molecular flexibility index (Phi) is 4.50. The molecule has 1 aromatic rings. The van der Waals surface area contributed by atoms with Gasteiger partial charge in [-0.1, -0.05) is 0 Å². The number of hydrogen-bond acceptors (Lipinski definition) is 4. The van der Waals surface area contributed by atoms with Crippen molar-refractivity contribution in [3.63, 3.8) is 0 Å². The van der Waals surface area contributed by atoms with Gasteiger partial charge < -0.3 is 14.5 Å². The second-order valence-electron chi connectivity index (χ2n) is 4.70. The van der Waals surface area contributed by atoms with Crippen LogP contribution in [-0.2, 0) is 4.74 Å². The summed E-state index contributed by atoms with van der Waals surface area (Å²) in [5.41, 5.74) is -0.0841. The van der Waals surface area contributed by atoms with Gasteiger partial charge in [-0.15, -0.1) is 0 Å². The van der Waals surface area contributed by atoms with E-state index in [2.05, 4.69) is 24.1 Å². The molecule has 1 N–H and O–H groups in total. The number of hydrogen-bond donors (Lipinski definition) is 1. The maximum atomic E-state index is 5.45. The number of nitrogens with one attached hydrogen (secondary N) is 1. The monoisotopic (exact) mass is 226 g/mol. The minimum Gasteiger partial charge on any atom is -0.444 e. The molecule has 0 saturated carbocycles. The number of rotatable bonds is 6. The van der Waals surface area contributed by atoms with Gasteiger partial charge in [0, 0.05) is 7.11 Å². The SMILES string of the molecule is COC(C)(C)CCNC(C)c1ncc(C)o1. The van der Waals surface area contributed by atoms with Gasteiger partial charge >= 0.3 is 0 Å². The number of methoxy groups -OCH3 is 1. The summed E-state index contributed by atoms with van der Waals surface area (Å²) in [4.78, 5) is 4.19. The predicted molar refractivity (Wildman–Crippen MR) is 63.4 cm³/mol. The lowest BCUT2D eigenvalue weighted by Gasteiger charge is -2.23. The Morgan fingerprint density at radius 1 is 1.56 bits per heavy atom. The van der Waals surface area contributed by atoms with Crippen LogP contribution in [0.25, 0.3) is 0 Å². The number of nitrogens with zero attached hydrogens (tertiary/aromatic N) is 1. The second-order valence-corrected chi connectivity index (χ2v) is 4.70. The van der Waals surface area contributed by atoms with Crippen molar-refractivity contribution in [2.45, 2.75) is 45.8 Å². The molecule has 0 aliphatic rings. The largest absolute Gasteiger partial charge is 0.444 e. The van der Waals surface area contributed by atoms with Crippen LogP contribution in [-0.4, -0.2) is 24.2 Å². The van der Waals surface area contributed by atoms with Crippen LogP contribution >= 0.6 is 0 Å². The van der Waals surface area contributed by atoms with Gasteiger partial charge in [0.15, 0.2) is 0 Å². The van der Waals surface area contributed by atoms with Crippen molar-refractivity contribution in [1.82, 2.24) is 10.3 Å². The zero-order valence-corrected chi connectivity index (χ0v) is 10.8. The molecule has 0 spiro atoms. The fourth-order valence-corrected chi connectivity index (χ4v) is 1.35. The quantitative estimate of drug-likeness (QED) is 0.809. The van der Waals surface area contributed by atoms with Crippen molar-refractivity contribution in [1.29, 1.82) is 0 Å². The molecule has 1 unspecified atom stereocenters. The standard InChI is InChI=1S/C12H22N2O2/c1-9-8-14-11(16-9)10(2)13-7-6-12(3,4)15-5/h8,10,13H,6-7H2,1-5H3. The van der Waals surface area contributed by atoms with Crippen molar-refractivity contribution >= 4 is 0 Å². The lowest BCUT2D eigenvalue weighted by atomic mass is 10.1. The lowest BCUT2D eigenvalue weighted by molar-refractivity contribution is 0.0153. The molecule has 1 heterocycles. The first-order chi connectivity index (χ1) is 7.44. The number of ether oxygens (including phenoxy) is 1. The Hall–Kier alpha value is -0.870. The first kappa shape index (κ1) is 13.2. The maximum Gasteiger partial charge on any atom is 0.211 e. The van der Waals surface area contributed by atoms with Gasteiger partial charge in [-0.05, 0) is 40.7 Å². The fraction of sp³-hybridized carbons (Fsp3) is 0.750. The molecule has 0 saturated heterocycles. The molecule has 0 aliphatic heterocycles. The van der Waals surface area contributed by atoms with Crippen LogP contribution < -0.4 is 5.32 Å². The van der Waals surface area contributed by atoms with E-state index < -0.39 is 0 Å². The van der Waals surface area contributed by atoms with E-state index in [1.54, 1.807) is 13.3 Å². The molecular formula is C12H22N2O2. The summed E-state index contributed by atoms with van der Waals surface area (Å²) < 4.78 is 10.8. The third-order valence-electron chi connectivity index (χ3n) is 2.74. The first-order valence-electron chi connectivity index (χ1n) is 5.65. The smallest absolute Gasteiger partial charge is 0.211 e. The summed E-state index contributed by atoms with van der Waals surface area (Å²) in [5, 5.41) is 3.37. The molecule has 0 fully saturated rings. The Balaban J connectivity index is 2.33. The van der Waals surface area contributed by atoms with E-state index in [0.29, 0.717) is 0 Å². The fourth-order valence-electron chi connectivity index (χ4n) is 1.35. The van der Waals surface area contributed by atoms with Crippen LogP contribution in [0.1, 0.15) is 44.9 Å². The molecule has 4 heteroatoms. The van der Waals surface area contributed by atoms with Gasteiger partial charge in [0.05, 0.1) is 17.8 Å². The molecule has 1 atom stereocenters. The normalized spacial score (nSPS) is 14.1. The van der Waals surface area contributed by atoms with Crippen LogP contribution in [0.3, 0.4) is 0 Å². The van der Waals surface area contributed by atoms with Crippen molar-refractivity contribution in [3.05, 3.63) is 17.8 Å². The summed E-state index contributed by atoms with van der Waals surface area (Å²) in [6.07, 6.45) is 2.69. The van der Waals surface area contributed by atoms with Crippen molar-refractivity contribution in [2.75, 3.05) is 13.7 Å². The van der Waals surface area contributed by atoms with Crippen molar-refractivity contribution in [3.8, 4) is 0 Å². The third-order valence-corrected chi connectivity index (χ3v) is 2.74. The average Bonchev–Trinajstić information content (AvgIpc) is 2.64. The Morgan fingerprint density at radius 3 is 2.75 bits per heavy atom. The van der Waals surface area contributed by atoms with Gasteiger partial charge in [0.2, 0.25) is 5.89 Å². The summed E-state index contributed by atoms with van der Waals surface area (Å²) in [7, 11) is 1.74. The Bertz CT molecular complexity index is 321. The molecule has 92 valence electrons. The molecule has 0 bridgehead atoms. The van der Waals surface area contributed by atoms with Gasteiger partial charge in [-0.2, -0.15) is 0 Å². The second kappa shape index (κ2) is 5.46.